The number of nitrogens with two attached hydrogens (primary N) is 1. The number of sulfonamides is 1. The summed E-state index contributed by atoms with van der Waals surface area (Å²) in [4.78, 5) is 2.34. The first-order valence-electron chi connectivity index (χ1n) is 4.78. The molecule has 1 aromatic carbocycles. The van der Waals surface area contributed by atoms with E-state index >= 15 is 0 Å². The molecule has 0 fully saturated rings. The quantitative estimate of drug-likeness (QED) is 0.767. The molecule has 0 spiro atoms. The average Bonchev–Trinajstić information content (AvgIpc) is 2.41. The van der Waals surface area contributed by atoms with Crippen LogP contribution in [-0.4, -0.2) is 21.5 Å². The molecule has 1 aliphatic rings. The Kier molecular flexibility index (Phi) is 2.24. The molecule has 0 amide bonds. The second-order valence-corrected chi connectivity index (χ2v) is 5.56. The minimum atomic E-state index is -3.58. The van der Waals surface area contributed by atoms with Gasteiger partial charge in [-0.05, 0) is 37.1 Å². The van der Waals surface area contributed by atoms with Crippen molar-refractivity contribution in [2.75, 3.05) is 11.9 Å². The van der Waals surface area contributed by atoms with Gasteiger partial charge in [-0.3, -0.25) is 0 Å². The molecule has 1 aliphatic heterocycles. The van der Waals surface area contributed by atoms with Crippen molar-refractivity contribution < 1.29 is 8.42 Å². The predicted molar refractivity (Wildman–Crippen MR) is 59.4 cm³/mol. The molecule has 0 aliphatic carbocycles. The Labute approximate surface area is 89.7 Å². The molecule has 1 atom stereocenters. The van der Waals surface area contributed by atoms with Gasteiger partial charge >= 0.3 is 0 Å². The number of rotatable bonds is 1. The van der Waals surface area contributed by atoms with Gasteiger partial charge in [-0.15, -0.1) is 0 Å². The lowest BCUT2D eigenvalue weighted by Gasteiger charge is -2.18. The summed E-state index contributed by atoms with van der Waals surface area (Å²) < 4.78 is 22.3. The highest BCUT2D eigenvalue weighted by Gasteiger charge is 2.24. The Morgan fingerprint density at radius 1 is 1.47 bits per heavy atom. The molecule has 2 N–H and O–H groups in total. The van der Waals surface area contributed by atoms with E-state index in [0.29, 0.717) is 6.04 Å². The van der Waals surface area contributed by atoms with Crippen molar-refractivity contribution in [3.63, 3.8) is 0 Å². The average molecular weight is 226 g/mol. The van der Waals surface area contributed by atoms with Gasteiger partial charge in [0.2, 0.25) is 10.0 Å². The summed E-state index contributed by atoms with van der Waals surface area (Å²) in [5.74, 6) is 0. The molecule has 0 saturated carbocycles. The summed E-state index contributed by atoms with van der Waals surface area (Å²) in [6, 6.07) is 5.46. The molecule has 0 aromatic heterocycles. The molecule has 0 bridgehead atoms. The number of hydrogen-bond donors (Lipinski definition) is 1. The van der Waals surface area contributed by atoms with Gasteiger partial charge < -0.3 is 4.90 Å². The van der Waals surface area contributed by atoms with Crippen LogP contribution in [0.25, 0.3) is 0 Å². The second-order valence-electron chi connectivity index (χ2n) is 4.00. The van der Waals surface area contributed by atoms with E-state index < -0.39 is 10.0 Å². The van der Waals surface area contributed by atoms with Crippen LogP contribution in [0.5, 0.6) is 0 Å². The maximum Gasteiger partial charge on any atom is 0.238 e. The summed E-state index contributed by atoms with van der Waals surface area (Å²) >= 11 is 0. The van der Waals surface area contributed by atoms with Crippen molar-refractivity contribution >= 4 is 15.7 Å². The van der Waals surface area contributed by atoms with Crippen LogP contribution in [-0.2, 0) is 16.4 Å². The standard InChI is InChI=1S/C10H14N2O2S/c1-7-5-8-6-9(15(11,13)14)3-4-10(8)12(7)2/h3-4,6-7H,5H2,1-2H3,(H2,11,13,14). The summed E-state index contributed by atoms with van der Waals surface area (Å²) in [6.07, 6.45) is 0.870. The fourth-order valence-electron chi connectivity index (χ4n) is 1.94. The SMILES string of the molecule is CC1Cc2cc(S(N)(=O)=O)ccc2N1C. The second kappa shape index (κ2) is 3.21. The van der Waals surface area contributed by atoms with Crippen LogP contribution in [0.4, 0.5) is 5.69 Å². The van der Waals surface area contributed by atoms with Crippen molar-refractivity contribution in [1.82, 2.24) is 0 Å². The number of fused-ring (bicyclic) bond motifs is 1. The van der Waals surface area contributed by atoms with Crippen molar-refractivity contribution in [2.24, 2.45) is 5.14 Å². The summed E-state index contributed by atoms with van der Waals surface area (Å²) in [6.45, 7) is 2.11. The molecule has 4 nitrogen and oxygen atoms in total. The fourth-order valence-corrected chi connectivity index (χ4v) is 2.50. The monoisotopic (exact) mass is 226 g/mol. The predicted octanol–water partition coefficient (Wildman–Crippen LogP) is 0.715. The van der Waals surface area contributed by atoms with Gasteiger partial charge in [-0.25, -0.2) is 13.6 Å². The third-order valence-corrected chi connectivity index (χ3v) is 3.85. The minimum Gasteiger partial charge on any atom is -0.371 e. The van der Waals surface area contributed by atoms with E-state index in [2.05, 4.69) is 11.8 Å². The lowest BCUT2D eigenvalue weighted by Crippen LogP contribution is -2.23. The van der Waals surface area contributed by atoms with E-state index in [1.54, 1.807) is 12.1 Å². The molecule has 5 heteroatoms. The molecule has 0 radical (unpaired) electrons. The summed E-state index contributed by atoms with van der Waals surface area (Å²) in [7, 11) is -1.57. The zero-order valence-electron chi connectivity index (χ0n) is 8.77. The van der Waals surface area contributed by atoms with E-state index in [0.717, 1.165) is 17.7 Å². The van der Waals surface area contributed by atoms with Crippen LogP contribution in [0.1, 0.15) is 12.5 Å². The van der Waals surface area contributed by atoms with Gasteiger partial charge in [0.1, 0.15) is 0 Å². The maximum atomic E-state index is 11.2. The lowest BCUT2D eigenvalue weighted by atomic mass is 10.1. The Balaban J connectivity index is 2.51. The van der Waals surface area contributed by atoms with Crippen LogP contribution in [0.3, 0.4) is 0 Å². The fraction of sp³-hybridized carbons (Fsp3) is 0.400. The Bertz CT molecular complexity index is 496. The molecular weight excluding hydrogens is 212 g/mol. The van der Waals surface area contributed by atoms with Crippen LogP contribution in [0.2, 0.25) is 0 Å². The van der Waals surface area contributed by atoms with Crippen LogP contribution >= 0.6 is 0 Å². The third-order valence-electron chi connectivity index (χ3n) is 2.94. The van der Waals surface area contributed by atoms with Crippen LogP contribution in [0, 0.1) is 0 Å². The maximum absolute atomic E-state index is 11.2. The van der Waals surface area contributed by atoms with E-state index in [-0.39, 0.29) is 4.90 Å². The van der Waals surface area contributed by atoms with Crippen LogP contribution < -0.4 is 10.0 Å². The number of primary sulfonamides is 1. The number of likely N-dealkylation sites (N-methyl/N-ethyl adjacent to an activating group) is 1. The molecule has 15 heavy (non-hydrogen) atoms. The van der Waals surface area contributed by atoms with Crippen molar-refractivity contribution in [1.29, 1.82) is 0 Å². The summed E-state index contributed by atoms with van der Waals surface area (Å²) in [5, 5.41) is 5.08. The highest BCUT2D eigenvalue weighted by atomic mass is 32.2. The zero-order chi connectivity index (χ0) is 11.2. The first-order valence-corrected chi connectivity index (χ1v) is 6.33. The lowest BCUT2D eigenvalue weighted by molar-refractivity contribution is 0.597. The van der Waals surface area contributed by atoms with Gasteiger partial charge in [-0.2, -0.15) is 0 Å². The van der Waals surface area contributed by atoms with Crippen molar-refractivity contribution in [3.05, 3.63) is 23.8 Å². The largest absolute Gasteiger partial charge is 0.371 e. The molecular formula is C10H14N2O2S. The number of hydrogen-bond acceptors (Lipinski definition) is 3. The van der Waals surface area contributed by atoms with E-state index in [1.807, 2.05) is 13.1 Å². The van der Waals surface area contributed by atoms with E-state index in [9.17, 15) is 8.42 Å². The molecule has 1 heterocycles. The zero-order valence-corrected chi connectivity index (χ0v) is 9.58. The molecule has 1 unspecified atom stereocenters. The van der Waals surface area contributed by atoms with E-state index in [1.165, 1.54) is 0 Å². The first-order chi connectivity index (χ1) is 6.89. The topological polar surface area (TPSA) is 63.4 Å². The van der Waals surface area contributed by atoms with Crippen LogP contribution in [0.15, 0.2) is 23.1 Å². The Hall–Kier alpha value is -1.07. The number of nitrogens with zero attached hydrogens (tertiary/aromatic N) is 1. The smallest absolute Gasteiger partial charge is 0.238 e. The number of benzene rings is 1. The Morgan fingerprint density at radius 3 is 2.73 bits per heavy atom. The van der Waals surface area contributed by atoms with Crippen molar-refractivity contribution in [2.45, 2.75) is 24.3 Å². The highest BCUT2D eigenvalue weighted by Crippen LogP contribution is 2.31. The normalized spacial score (nSPS) is 20.5. The molecule has 1 aromatic rings. The Morgan fingerprint density at radius 2 is 2.13 bits per heavy atom. The molecule has 82 valence electrons. The summed E-state index contributed by atoms with van der Waals surface area (Å²) in [5.41, 5.74) is 2.14. The van der Waals surface area contributed by atoms with Gasteiger partial charge in [-0.1, -0.05) is 0 Å². The van der Waals surface area contributed by atoms with Crippen molar-refractivity contribution in [3.8, 4) is 0 Å². The first kappa shape index (κ1) is 10.4. The molecule has 2 rings (SSSR count). The van der Waals surface area contributed by atoms with Gasteiger partial charge in [0.05, 0.1) is 4.90 Å². The molecule has 0 saturated heterocycles. The highest BCUT2D eigenvalue weighted by molar-refractivity contribution is 7.89. The van der Waals surface area contributed by atoms with Gasteiger partial charge in [0.15, 0.2) is 0 Å². The third kappa shape index (κ3) is 1.72. The van der Waals surface area contributed by atoms with E-state index in [4.69, 9.17) is 5.14 Å². The van der Waals surface area contributed by atoms with Gasteiger partial charge in [0.25, 0.3) is 0 Å². The number of anilines is 1. The van der Waals surface area contributed by atoms with Gasteiger partial charge in [0, 0.05) is 18.8 Å². The minimum absolute atomic E-state index is 0.198.